The van der Waals surface area contributed by atoms with E-state index in [0.717, 1.165) is 23.9 Å². The van der Waals surface area contributed by atoms with Gasteiger partial charge in [0, 0.05) is 18.1 Å². The molecule has 128 valence electrons. The molecule has 2 rings (SSSR count). The Kier molecular flexibility index (Phi) is 6.21. The van der Waals surface area contributed by atoms with Crippen molar-refractivity contribution in [1.29, 1.82) is 0 Å². The Morgan fingerprint density at radius 3 is 2.74 bits per heavy atom. The largest absolute Gasteiger partial charge is 0.416 e. The van der Waals surface area contributed by atoms with Crippen LogP contribution in [0.2, 0.25) is 0 Å². The number of alkyl halides is 3. The number of halogens is 4. The van der Waals surface area contributed by atoms with Crippen LogP contribution in [0, 0.1) is 5.82 Å². The van der Waals surface area contributed by atoms with Gasteiger partial charge >= 0.3 is 6.18 Å². The molecule has 1 fully saturated rings. The highest BCUT2D eigenvalue weighted by Gasteiger charge is 2.40. The van der Waals surface area contributed by atoms with E-state index in [4.69, 9.17) is 5.11 Å². The highest BCUT2D eigenvalue weighted by Crippen LogP contribution is 2.44. The number of carbonyl (C=O) groups is 1. The topological polar surface area (TPSA) is 40.5 Å². The Hall–Kier alpha value is -0.930. The van der Waals surface area contributed by atoms with E-state index < -0.39 is 22.9 Å². The molecule has 0 aliphatic carbocycles. The second kappa shape index (κ2) is 7.76. The first-order valence-corrected chi connectivity index (χ1v) is 9.01. The van der Waals surface area contributed by atoms with Gasteiger partial charge in [0.15, 0.2) is 0 Å². The second-order valence-electron chi connectivity index (χ2n) is 4.82. The van der Waals surface area contributed by atoms with Crippen LogP contribution >= 0.6 is 23.5 Å². The van der Waals surface area contributed by atoms with Crippen LogP contribution < -0.4 is 0 Å². The Bertz CT molecular complexity index is 568. The van der Waals surface area contributed by atoms with E-state index in [-0.39, 0.29) is 30.4 Å². The Morgan fingerprint density at radius 1 is 1.35 bits per heavy atom. The minimum atomic E-state index is -4.60. The molecule has 0 spiro atoms. The lowest BCUT2D eigenvalue weighted by molar-refractivity contribution is -0.139. The van der Waals surface area contributed by atoms with Gasteiger partial charge in [-0.25, -0.2) is 4.39 Å². The van der Waals surface area contributed by atoms with Crippen LogP contribution in [0.5, 0.6) is 0 Å². The Morgan fingerprint density at radius 2 is 2.09 bits per heavy atom. The van der Waals surface area contributed by atoms with E-state index >= 15 is 0 Å². The van der Waals surface area contributed by atoms with Crippen molar-refractivity contribution in [1.82, 2.24) is 4.90 Å². The van der Waals surface area contributed by atoms with Gasteiger partial charge in [-0.1, -0.05) is 0 Å². The SMILES string of the molecule is O=C1CSC(c2cc(F)ccc2C(F)(F)F)N1CCSCCO. The summed E-state index contributed by atoms with van der Waals surface area (Å²) < 4.78 is 52.9. The summed E-state index contributed by atoms with van der Waals surface area (Å²) in [5.41, 5.74) is -1.14. The highest BCUT2D eigenvalue weighted by molar-refractivity contribution is 8.00. The summed E-state index contributed by atoms with van der Waals surface area (Å²) in [4.78, 5) is 13.3. The third-order valence-electron chi connectivity index (χ3n) is 3.27. The van der Waals surface area contributed by atoms with Crippen LogP contribution in [0.4, 0.5) is 17.6 Å². The van der Waals surface area contributed by atoms with E-state index in [1.165, 1.54) is 16.7 Å². The van der Waals surface area contributed by atoms with E-state index in [2.05, 4.69) is 0 Å². The van der Waals surface area contributed by atoms with Gasteiger partial charge in [0.25, 0.3) is 0 Å². The van der Waals surface area contributed by atoms with Gasteiger partial charge in [0.05, 0.1) is 17.9 Å². The molecule has 1 aliphatic heterocycles. The molecule has 1 heterocycles. The first-order valence-electron chi connectivity index (χ1n) is 6.81. The van der Waals surface area contributed by atoms with Crippen LogP contribution in [-0.4, -0.2) is 46.3 Å². The maximum atomic E-state index is 13.5. The molecule has 1 atom stereocenters. The number of amides is 1. The maximum Gasteiger partial charge on any atom is 0.416 e. The third kappa shape index (κ3) is 4.54. The first kappa shape index (κ1) is 18.4. The van der Waals surface area contributed by atoms with Crippen molar-refractivity contribution in [2.24, 2.45) is 0 Å². The molecule has 0 aromatic heterocycles. The monoisotopic (exact) mass is 369 g/mol. The molecule has 1 aliphatic rings. The summed E-state index contributed by atoms with van der Waals surface area (Å²) in [5.74, 6) is 0.0427. The minimum absolute atomic E-state index is 0.00108. The number of aliphatic hydroxyl groups excluding tert-OH is 1. The smallest absolute Gasteiger partial charge is 0.396 e. The summed E-state index contributed by atoms with van der Waals surface area (Å²) in [6, 6.07) is 2.34. The molecular weight excluding hydrogens is 354 g/mol. The zero-order valence-corrected chi connectivity index (χ0v) is 13.6. The van der Waals surface area contributed by atoms with Crippen molar-refractivity contribution < 1.29 is 27.5 Å². The predicted octanol–water partition coefficient (Wildman–Crippen LogP) is 3.14. The van der Waals surface area contributed by atoms with Crippen LogP contribution in [0.25, 0.3) is 0 Å². The first-order chi connectivity index (χ1) is 10.8. The third-order valence-corrected chi connectivity index (χ3v) is 5.45. The van der Waals surface area contributed by atoms with Crippen LogP contribution in [0.15, 0.2) is 18.2 Å². The van der Waals surface area contributed by atoms with Crippen molar-refractivity contribution >= 4 is 29.4 Å². The zero-order chi connectivity index (χ0) is 17.0. The molecule has 0 saturated carbocycles. The summed E-state index contributed by atoms with van der Waals surface area (Å²) in [6.07, 6.45) is -4.60. The molecule has 0 radical (unpaired) electrons. The van der Waals surface area contributed by atoms with E-state index in [1.54, 1.807) is 0 Å². The van der Waals surface area contributed by atoms with Gasteiger partial charge in [-0.3, -0.25) is 4.79 Å². The molecule has 1 unspecified atom stereocenters. The summed E-state index contributed by atoms with van der Waals surface area (Å²) in [7, 11) is 0. The predicted molar refractivity (Wildman–Crippen MR) is 82.7 cm³/mol. The van der Waals surface area contributed by atoms with Crippen LogP contribution in [0.3, 0.4) is 0 Å². The second-order valence-corrected chi connectivity index (χ2v) is 7.11. The van der Waals surface area contributed by atoms with Gasteiger partial charge in [0.2, 0.25) is 5.91 Å². The molecular formula is C14H15F4NO2S2. The van der Waals surface area contributed by atoms with Crippen molar-refractivity contribution in [2.45, 2.75) is 11.6 Å². The number of aliphatic hydroxyl groups is 1. The molecule has 23 heavy (non-hydrogen) atoms. The quantitative estimate of drug-likeness (QED) is 0.618. The average Bonchev–Trinajstić information content (AvgIpc) is 2.83. The summed E-state index contributed by atoms with van der Waals surface area (Å²) in [6.45, 7) is 0.258. The Labute approximate surface area is 139 Å². The lowest BCUT2D eigenvalue weighted by atomic mass is 10.1. The van der Waals surface area contributed by atoms with Gasteiger partial charge in [0.1, 0.15) is 11.2 Å². The number of benzene rings is 1. The highest BCUT2D eigenvalue weighted by atomic mass is 32.2. The average molecular weight is 369 g/mol. The number of hydrogen-bond donors (Lipinski definition) is 1. The van der Waals surface area contributed by atoms with E-state index in [9.17, 15) is 22.4 Å². The van der Waals surface area contributed by atoms with Crippen molar-refractivity contribution in [2.75, 3.05) is 30.4 Å². The molecule has 1 aromatic rings. The number of hydrogen-bond acceptors (Lipinski definition) is 4. The number of thioether (sulfide) groups is 2. The summed E-state index contributed by atoms with van der Waals surface area (Å²) >= 11 is 2.47. The van der Waals surface area contributed by atoms with Gasteiger partial charge < -0.3 is 10.0 Å². The maximum absolute atomic E-state index is 13.5. The lowest BCUT2D eigenvalue weighted by Gasteiger charge is -2.26. The molecule has 1 aromatic carbocycles. The zero-order valence-electron chi connectivity index (χ0n) is 12.0. The standard InChI is InChI=1S/C14H15F4NO2S2/c15-9-1-2-11(14(16,17)18)10(7-9)13-19(12(21)8-23-13)3-5-22-6-4-20/h1-2,7,13,20H,3-6,8H2. The van der Waals surface area contributed by atoms with E-state index in [0.29, 0.717) is 17.6 Å². The molecule has 1 N–H and O–H groups in total. The Balaban J connectivity index is 2.25. The van der Waals surface area contributed by atoms with E-state index in [1.807, 2.05) is 0 Å². The van der Waals surface area contributed by atoms with Gasteiger partial charge in [-0.2, -0.15) is 24.9 Å². The van der Waals surface area contributed by atoms with Crippen molar-refractivity contribution in [3.05, 3.63) is 35.1 Å². The molecule has 9 heteroatoms. The lowest BCUT2D eigenvalue weighted by Crippen LogP contribution is -2.31. The summed E-state index contributed by atoms with van der Waals surface area (Å²) in [5, 5.41) is 7.88. The number of rotatable bonds is 6. The fraction of sp³-hybridized carbons (Fsp3) is 0.500. The normalized spacial score (nSPS) is 18.7. The van der Waals surface area contributed by atoms with Crippen LogP contribution in [0.1, 0.15) is 16.5 Å². The fourth-order valence-corrected chi connectivity index (χ4v) is 4.18. The fourth-order valence-electron chi connectivity index (χ4n) is 2.28. The number of carbonyl (C=O) groups excluding carboxylic acids is 1. The van der Waals surface area contributed by atoms with Gasteiger partial charge in [-0.15, -0.1) is 11.8 Å². The molecule has 0 bridgehead atoms. The number of nitrogens with zero attached hydrogens (tertiary/aromatic N) is 1. The molecule has 1 amide bonds. The minimum Gasteiger partial charge on any atom is -0.396 e. The van der Waals surface area contributed by atoms with Crippen molar-refractivity contribution in [3.63, 3.8) is 0 Å². The van der Waals surface area contributed by atoms with Gasteiger partial charge in [-0.05, 0) is 23.8 Å². The molecule has 3 nitrogen and oxygen atoms in total. The van der Waals surface area contributed by atoms with Crippen molar-refractivity contribution in [3.8, 4) is 0 Å². The van der Waals surface area contributed by atoms with Crippen LogP contribution in [-0.2, 0) is 11.0 Å². The molecule has 1 saturated heterocycles.